The molecular formula is C17H24N4O2. The lowest BCUT2D eigenvalue weighted by atomic mass is 10.2. The first-order valence-corrected chi connectivity index (χ1v) is 8.18. The van der Waals surface area contributed by atoms with Gasteiger partial charge in [-0.05, 0) is 26.1 Å². The first-order valence-electron chi connectivity index (χ1n) is 8.18. The molecule has 0 spiro atoms. The Morgan fingerprint density at radius 3 is 2.61 bits per heavy atom. The van der Waals surface area contributed by atoms with E-state index in [9.17, 15) is 0 Å². The van der Waals surface area contributed by atoms with Crippen molar-refractivity contribution in [3.05, 3.63) is 24.3 Å². The van der Waals surface area contributed by atoms with Crippen molar-refractivity contribution in [3.63, 3.8) is 0 Å². The minimum absolute atomic E-state index is 0.497. The number of likely N-dealkylation sites (N-methyl/N-ethyl adjacent to an activating group) is 1. The van der Waals surface area contributed by atoms with Gasteiger partial charge in [0.2, 0.25) is 11.8 Å². The SMILES string of the molecule is CCOCCOc1nc(N2CCN(C)CC2)nc2ccccc12. The summed E-state index contributed by atoms with van der Waals surface area (Å²) in [5.74, 6) is 1.40. The van der Waals surface area contributed by atoms with Gasteiger partial charge in [-0.3, -0.25) is 0 Å². The summed E-state index contributed by atoms with van der Waals surface area (Å²) in [5, 5.41) is 0.946. The van der Waals surface area contributed by atoms with Crippen molar-refractivity contribution in [2.45, 2.75) is 6.92 Å². The first kappa shape index (κ1) is 16.0. The molecule has 0 amide bonds. The zero-order chi connectivity index (χ0) is 16.1. The molecule has 1 aromatic heterocycles. The molecule has 0 atom stereocenters. The molecule has 1 aromatic carbocycles. The number of rotatable bonds is 6. The minimum atomic E-state index is 0.497. The van der Waals surface area contributed by atoms with Gasteiger partial charge in [0, 0.05) is 32.8 Å². The van der Waals surface area contributed by atoms with Crippen LogP contribution in [-0.2, 0) is 4.74 Å². The molecule has 1 saturated heterocycles. The third kappa shape index (κ3) is 3.89. The van der Waals surface area contributed by atoms with Crippen molar-refractivity contribution in [2.75, 3.05) is 57.9 Å². The van der Waals surface area contributed by atoms with Crippen molar-refractivity contribution in [1.29, 1.82) is 0 Å². The summed E-state index contributed by atoms with van der Waals surface area (Å²) < 4.78 is 11.2. The van der Waals surface area contributed by atoms with Crippen molar-refractivity contribution >= 4 is 16.9 Å². The molecule has 0 bridgehead atoms. The Hall–Kier alpha value is -1.92. The number of para-hydroxylation sites is 1. The molecule has 6 heteroatoms. The van der Waals surface area contributed by atoms with Gasteiger partial charge < -0.3 is 19.3 Å². The third-order valence-electron chi connectivity index (χ3n) is 4.01. The molecule has 0 N–H and O–H groups in total. The normalized spacial score (nSPS) is 16.0. The second kappa shape index (κ2) is 7.57. The molecule has 2 aromatic rings. The summed E-state index contributed by atoms with van der Waals surface area (Å²) in [6.45, 7) is 7.66. The van der Waals surface area contributed by atoms with E-state index in [-0.39, 0.29) is 0 Å². The van der Waals surface area contributed by atoms with Crippen molar-refractivity contribution in [1.82, 2.24) is 14.9 Å². The number of benzene rings is 1. The topological polar surface area (TPSA) is 50.7 Å². The van der Waals surface area contributed by atoms with Crippen LogP contribution in [0.25, 0.3) is 10.9 Å². The van der Waals surface area contributed by atoms with Crippen LogP contribution in [0.4, 0.5) is 5.95 Å². The Balaban J connectivity index is 1.84. The molecule has 1 aliphatic heterocycles. The minimum Gasteiger partial charge on any atom is -0.475 e. The fourth-order valence-electron chi connectivity index (χ4n) is 2.64. The molecule has 1 fully saturated rings. The van der Waals surface area contributed by atoms with Crippen LogP contribution >= 0.6 is 0 Å². The Bertz CT molecular complexity index is 642. The Labute approximate surface area is 137 Å². The van der Waals surface area contributed by atoms with E-state index in [1.807, 2.05) is 31.2 Å². The van der Waals surface area contributed by atoms with E-state index < -0.39 is 0 Å². The molecule has 124 valence electrons. The van der Waals surface area contributed by atoms with Crippen LogP contribution in [0.2, 0.25) is 0 Å². The Morgan fingerprint density at radius 1 is 1.04 bits per heavy atom. The third-order valence-corrected chi connectivity index (χ3v) is 4.01. The van der Waals surface area contributed by atoms with Crippen LogP contribution in [0.3, 0.4) is 0 Å². The summed E-state index contributed by atoms with van der Waals surface area (Å²) in [5.41, 5.74) is 0.919. The van der Waals surface area contributed by atoms with Crippen molar-refractivity contribution < 1.29 is 9.47 Å². The summed E-state index contributed by atoms with van der Waals surface area (Å²) in [6, 6.07) is 7.98. The zero-order valence-corrected chi connectivity index (χ0v) is 13.9. The van der Waals surface area contributed by atoms with Crippen LogP contribution in [0.5, 0.6) is 5.88 Å². The summed E-state index contributed by atoms with van der Waals surface area (Å²) in [7, 11) is 2.14. The average molecular weight is 316 g/mol. The monoisotopic (exact) mass is 316 g/mol. The molecule has 0 aliphatic carbocycles. The standard InChI is InChI=1S/C17H24N4O2/c1-3-22-12-13-23-16-14-6-4-5-7-15(14)18-17(19-16)21-10-8-20(2)9-11-21/h4-7H,3,8-13H2,1-2H3. The molecule has 1 aliphatic rings. The highest BCUT2D eigenvalue weighted by atomic mass is 16.5. The summed E-state index contributed by atoms with van der Waals surface area (Å²) in [6.07, 6.45) is 0. The lowest BCUT2D eigenvalue weighted by Gasteiger charge is -2.32. The van der Waals surface area contributed by atoms with E-state index in [0.29, 0.717) is 25.7 Å². The quantitative estimate of drug-likeness (QED) is 0.758. The van der Waals surface area contributed by atoms with Gasteiger partial charge in [0.15, 0.2) is 0 Å². The van der Waals surface area contributed by atoms with E-state index in [0.717, 1.165) is 43.0 Å². The average Bonchev–Trinajstić information content (AvgIpc) is 2.59. The van der Waals surface area contributed by atoms with Crippen molar-refractivity contribution in [3.8, 4) is 5.88 Å². The lowest BCUT2D eigenvalue weighted by Crippen LogP contribution is -2.45. The largest absolute Gasteiger partial charge is 0.475 e. The highest BCUT2D eigenvalue weighted by Crippen LogP contribution is 2.25. The molecular weight excluding hydrogens is 292 g/mol. The predicted molar refractivity (Wildman–Crippen MR) is 91.2 cm³/mol. The highest BCUT2D eigenvalue weighted by Gasteiger charge is 2.18. The van der Waals surface area contributed by atoms with Crippen LogP contribution in [0, 0.1) is 0 Å². The van der Waals surface area contributed by atoms with E-state index in [1.54, 1.807) is 0 Å². The predicted octanol–water partition coefficient (Wildman–Crippen LogP) is 1.80. The number of aromatic nitrogens is 2. The molecule has 0 saturated carbocycles. The molecule has 0 unspecified atom stereocenters. The number of fused-ring (bicyclic) bond motifs is 1. The fraction of sp³-hybridized carbons (Fsp3) is 0.529. The number of anilines is 1. The van der Waals surface area contributed by atoms with Gasteiger partial charge in [0.1, 0.15) is 6.61 Å². The Kier molecular flexibility index (Phi) is 5.25. The molecule has 23 heavy (non-hydrogen) atoms. The van der Waals surface area contributed by atoms with Crippen LogP contribution in [-0.4, -0.2) is 67.9 Å². The number of hydrogen-bond donors (Lipinski definition) is 0. The van der Waals surface area contributed by atoms with Gasteiger partial charge in [-0.25, -0.2) is 4.98 Å². The number of ether oxygens (including phenoxy) is 2. The van der Waals surface area contributed by atoms with E-state index in [4.69, 9.17) is 14.5 Å². The van der Waals surface area contributed by atoms with Crippen molar-refractivity contribution in [2.24, 2.45) is 0 Å². The smallest absolute Gasteiger partial charge is 0.229 e. The number of nitrogens with zero attached hydrogens (tertiary/aromatic N) is 4. The van der Waals surface area contributed by atoms with Gasteiger partial charge in [-0.1, -0.05) is 12.1 Å². The van der Waals surface area contributed by atoms with Gasteiger partial charge in [0.05, 0.1) is 17.5 Å². The maximum Gasteiger partial charge on any atom is 0.229 e. The van der Waals surface area contributed by atoms with Gasteiger partial charge in [-0.15, -0.1) is 0 Å². The van der Waals surface area contributed by atoms with E-state index in [2.05, 4.69) is 21.8 Å². The van der Waals surface area contributed by atoms with E-state index in [1.165, 1.54) is 0 Å². The van der Waals surface area contributed by atoms with Gasteiger partial charge in [-0.2, -0.15) is 4.98 Å². The molecule has 0 radical (unpaired) electrons. The highest BCUT2D eigenvalue weighted by molar-refractivity contribution is 5.84. The molecule has 2 heterocycles. The van der Waals surface area contributed by atoms with Crippen LogP contribution in [0.1, 0.15) is 6.92 Å². The molecule has 6 nitrogen and oxygen atoms in total. The summed E-state index contributed by atoms with van der Waals surface area (Å²) >= 11 is 0. The van der Waals surface area contributed by atoms with Crippen LogP contribution in [0.15, 0.2) is 24.3 Å². The van der Waals surface area contributed by atoms with Gasteiger partial charge in [0.25, 0.3) is 0 Å². The van der Waals surface area contributed by atoms with Crippen LogP contribution < -0.4 is 9.64 Å². The fourth-order valence-corrected chi connectivity index (χ4v) is 2.64. The molecule has 3 rings (SSSR count). The number of piperazine rings is 1. The number of hydrogen-bond acceptors (Lipinski definition) is 6. The second-order valence-corrected chi connectivity index (χ2v) is 5.68. The maximum atomic E-state index is 5.86. The lowest BCUT2D eigenvalue weighted by molar-refractivity contribution is 0.109. The maximum absolute atomic E-state index is 5.86. The van der Waals surface area contributed by atoms with Gasteiger partial charge >= 0.3 is 0 Å². The van der Waals surface area contributed by atoms with E-state index >= 15 is 0 Å². The second-order valence-electron chi connectivity index (χ2n) is 5.68. The Morgan fingerprint density at radius 2 is 1.83 bits per heavy atom. The zero-order valence-electron chi connectivity index (χ0n) is 13.9. The summed E-state index contributed by atoms with van der Waals surface area (Å²) in [4.78, 5) is 13.9. The first-order chi connectivity index (χ1) is 11.3.